The maximum atomic E-state index is 12.6. The van der Waals surface area contributed by atoms with Crippen LogP contribution in [-0.4, -0.2) is 22.6 Å². The average molecular weight is 339 g/mol. The zero-order valence-corrected chi connectivity index (χ0v) is 14.2. The predicted octanol–water partition coefficient (Wildman–Crippen LogP) is 3.70. The molecule has 6 heteroatoms. The number of benzene rings is 2. The van der Waals surface area contributed by atoms with E-state index < -0.39 is 0 Å². The van der Waals surface area contributed by atoms with Gasteiger partial charge in [0.15, 0.2) is 0 Å². The van der Waals surface area contributed by atoms with Crippen LogP contribution in [0.4, 0.5) is 0 Å². The van der Waals surface area contributed by atoms with Crippen molar-refractivity contribution in [2.24, 2.45) is 0 Å². The lowest BCUT2D eigenvalue weighted by Crippen LogP contribution is -2.26. The molecule has 0 saturated heterocycles. The zero-order valence-electron chi connectivity index (χ0n) is 13.4. The lowest BCUT2D eigenvalue weighted by molar-refractivity contribution is 0.0944. The summed E-state index contributed by atoms with van der Waals surface area (Å²) < 4.78 is 9.09. The van der Waals surface area contributed by atoms with E-state index in [9.17, 15) is 4.79 Å². The third kappa shape index (κ3) is 3.44. The number of carbonyl (C=O) groups is 1. The SMILES string of the molecule is COc1ccc(-c2nnsc2C(=O)N[C@H](C)c2ccccc2)cc1. The third-order valence-electron chi connectivity index (χ3n) is 3.70. The second kappa shape index (κ2) is 7.23. The molecule has 0 spiro atoms. The van der Waals surface area contributed by atoms with Gasteiger partial charge in [-0.05, 0) is 48.3 Å². The maximum Gasteiger partial charge on any atom is 0.265 e. The monoisotopic (exact) mass is 339 g/mol. The Balaban J connectivity index is 1.80. The minimum absolute atomic E-state index is 0.0930. The molecule has 3 rings (SSSR count). The van der Waals surface area contributed by atoms with Crippen LogP contribution in [-0.2, 0) is 0 Å². The summed E-state index contributed by atoms with van der Waals surface area (Å²) >= 11 is 1.10. The molecule has 1 aromatic heterocycles. The maximum absolute atomic E-state index is 12.6. The molecular weight excluding hydrogens is 322 g/mol. The van der Waals surface area contributed by atoms with E-state index in [4.69, 9.17) is 4.74 Å². The van der Waals surface area contributed by atoms with Crippen molar-refractivity contribution >= 4 is 17.4 Å². The number of nitrogens with zero attached hydrogens (tertiary/aromatic N) is 2. The summed E-state index contributed by atoms with van der Waals surface area (Å²) in [5.74, 6) is 0.581. The van der Waals surface area contributed by atoms with Crippen molar-refractivity contribution < 1.29 is 9.53 Å². The van der Waals surface area contributed by atoms with Crippen molar-refractivity contribution in [3.63, 3.8) is 0 Å². The predicted molar refractivity (Wildman–Crippen MR) is 94.2 cm³/mol. The normalized spacial score (nSPS) is 11.8. The Labute approximate surface area is 144 Å². The van der Waals surface area contributed by atoms with Crippen LogP contribution >= 0.6 is 11.5 Å². The van der Waals surface area contributed by atoms with Crippen molar-refractivity contribution in [2.75, 3.05) is 7.11 Å². The molecule has 0 aliphatic rings. The van der Waals surface area contributed by atoms with E-state index in [-0.39, 0.29) is 11.9 Å². The number of hydrogen-bond donors (Lipinski definition) is 1. The number of nitrogens with one attached hydrogen (secondary N) is 1. The molecule has 0 bridgehead atoms. The number of carbonyl (C=O) groups excluding carboxylic acids is 1. The highest BCUT2D eigenvalue weighted by Crippen LogP contribution is 2.26. The Hall–Kier alpha value is -2.73. The van der Waals surface area contributed by atoms with Gasteiger partial charge in [0.25, 0.3) is 5.91 Å². The van der Waals surface area contributed by atoms with Gasteiger partial charge in [-0.15, -0.1) is 5.10 Å². The van der Waals surface area contributed by atoms with Gasteiger partial charge in [-0.1, -0.05) is 34.8 Å². The van der Waals surface area contributed by atoms with E-state index >= 15 is 0 Å². The molecular formula is C18H17N3O2S. The number of amides is 1. The summed E-state index contributed by atoms with van der Waals surface area (Å²) in [5, 5.41) is 7.11. The Morgan fingerprint density at radius 1 is 1.12 bits per heavy atom. The molecule has 5 nitrogen and oxygen atoms in total. The van der Waals surface area contributed by atoms with Crippen molar-refractivity contribution in [3.05, 3.63) is 65.0 Å². The fraction of sp³-hybridized carbons (Fsp3) is 0.167. The van der Waals surface area contributed by atoms with E-state index in [1.165, 1.54) is 0 Å². The first-order valence-electron chi connectivity index (χ1n) is 7.51. The van der Waals surface area contributed by atoms with Crippen molar-refractivity contribution in [1.82, 2.24) is 14.9 Å². The van der Waals surface area contributed by atoms with Crippen LogP contribution in [0.1, 0.15) is 28.2 Å². The molecule has 122 valence electrons. The molecule has 0 saturated carbocycles. The second-order valence-electron chi connectivity index (χ2n) is 5.29. The Morgan fingerprint density at radius 3 is 2.50 bits per heavy atom. The summed E-state index contributed by atoms with van der Waals surface area (Å²) in [7, 11) is 1.61. The van der Waals surface area contributed by atoms with Crippen LogP contribution in [0.15, 0.2) is 54.6 Å². The van der Waals surface area contributed by atoms with Crippen LogP contribution in [0.3, 0.4) is 0 Å². The molecule has 0 unspecified atom stereocenters. The van der Waals surface area contributed by atoms with Gasteiger partial charge < -0.3 is 10.1 Å². The number of aromatic nitrogens is 2. The minimum atomic E-state index is -0.174. The van der Waals surface area contributed by atoms with Gasteiger partial charge in [0, 0.05) is 5.56 Å². The minimum Gasteiger partial charge on any atom is -0.497 e. The second-order valence-corrected chi connectivity index (χ2v) is 6.04. The highest BCUT2D eigenvalue weighted by Gasteiger charge is 2.19. The Morgan fingerprint density at radius 2 is 1.83 bits per heavy atom. The molecule has 0 radical (unpaired) electrons. The van der Waals surface area contributed by atoms with Gasteiger partial charge in [-0.25, -0.2) is 0 Å². The molecule has 1 N–H and O–H groups in total. The number of ether oxygens (including phenoxy) is 1. The molecule has 1 heterocycles. The van der Waals surface area contributed by atoms with Crippen LogP contribution in [0, 0.1) is 0 Å². The number of rotatable bonds is 5. The van der Waals surface area contributed by atoms with Gasteiger partial charge >= 0.3 is 0 Å². The fourth-order valence-corrected chi connectivity index (χ4v) is 2.96. The van der Waals surface area contributed by atoms with E-state index in [2.05, 4.69) is 14.9 Å². The Kier molecular flexibility index (Phi) is 4.86. The zero-order chi connectivity index (χ0) is 16.9. The number of hydrogen-bond acceptors (Lipinski definition) is 5. The van der Waals surface area contributed by atoms with Crippen LogP contribution < -0.4 is 10.1 Å². The van der Waals surface area contributed by atoms with Crippen molar-refractivity contribution in [1.29, 1.82) is 0 Å². The first kappa shape index (κ1) is 16.1. The molecule has 3 aromatic rings. The largest absolute Gasteiger partial charge is 0.497 e. The van der Waals surface area contributed by atoms with Gasteiger partial charge in [-0.3, -0.25) is 4.79 Å². The topological polar surface area (TPSA) is 64.1 Å². The van der Waals surface area contributed by atoms with E-state index in [1.54, 1.807) is 7.11 Å². The van der Waals surface area contributed by atoms with Crippen molar-refractivity contribution in [2.45, 2.75) is 13.0 Å². The smallest absolute Gasteiger partial charge is 0.265 e. The summed E-state index contributed by atoms with van der Waals surface area (Å²) in [6, 6.07) is 17.1. The molecule has 0 fully saturated rings. The molecule has 0 aliphatic heterocycles. The van der Waals surface area contributed by atoms with E-state index in [0.29, 0.717) is 10.6 Å². The molecule has 24 heavy (non-hydrogen) atoms. The molecule has 1 atom stereocenters. The summed E-state index contributed by atoms with van der Waals surface area (Å²) in [5.41, 5.74) is 2.47. The van der Waals surface area contributed by atoms with Gasteiger partial charge in [-0.2, -0.15) is 0 Å². The average Bonchev–Trinajstić information content (AvgIpc) is 3.12. The van der Waals surface area contributed by atoms with Crippen LogP contribution in [0.2, 0.25) is 0 Å². The third-order valence-corrected chi connectivity index (χ3v) is 4.43. The Bertz CT molecular complexity index is 816. The van der Waals surface area contributed by atoms with Crippen molar-refractivity contribution in [3.8, 4) is 17.0 Å². The lowest BCUT2D eigenvalue weighted by atomic mass is 10.1. The lowest BCUT2D eigenvalue weighted by Gasteiger charge is -2.13. The first-order chi connectivity index (χ1) is 11.7. The van der Waals surface area contributed by atoms with E-state index in [1.807, 2.05) is 61.5 Å². The highest BCUT2D eigenvalue weighted by molar-refractivity contribution is 7.08. The molecule has 2 aromatic carbocycles. The summed E-state index contributed by atoms with van der Waals surface area (Å²) in [6.07, 6.45) is 0. The summed E-state index contributed by atoms with van der Waals surface area (Å²) in [4.78, 5) is 13.1. The number of methoxy groups -OCH3 is 1. The fourth-order valence-electron chi connectivity index (χ4n) is 2.36. The first-order valence-corrected chi connectivity index (χ1v) is 8.29. The summed E-state index contributed by atoms with van der Waals surface area (Å²) in [6.45, 7) is 1.95. The van der Waals surface area contributed by atoms with Crippen LogP contribution in [0.25, 0.3) is 11.3 Å². The molecule has 0 aliphatic carbocycles. The quantitative estimate of drug-likeness (QED) is 0.770. The van der Waals surface area contributed by atoms with Gasteiger partial charge in [0.1, 0.15) is 16.3 Å². The molecule has 1 amide bonds. The van der Waals surface area contributed by atoms with Crippen LogP contribution in [0.5, 0.6) is 5.75 Å². The van der Waals surface area contributed by atoms with Gasteiger partial charge in [0.05, 0.1) is 13.2 Å². The highest BCUT2D eigenvalue weighted by atomic mass is 32.1. The standard InChI is InChI=1S/C18H17N3O2S/c1-12(13-6-4-3-5-7-13)19-18(22)17-16(20-21-24-17)14-8-10-15(23-2)11-9-14/h3-12H,1-2H3,(H,19,22)/t12-/m1/s1. The van der Waals surface area contributed by atoms with Gasteiger partial charge in [0.2, 0.25) is 0 Å². The van der Waals surface area contributed by atoms with E-state index in [0.717, 1.165) is 28.4 Å².